The van der Waals surface area contributed by atoms with Crippen LogP contribution in [0, 0.1) is 11.8 Å². The van der Waals surface area contributed by atoms with Gasteiger partial charge in [0.25, 0.3) is 0 Å². The molecule has 2 fully saturated rings. The van der Waals surface area contributed by atoms with E-state index in [1.807, 2.05) is 18.5 Å². The Morgan fingerprint density at radius 3 is 2.61 bits per heavy atom. The zero-order valence-electron chi connectivity index (χ0n) is 19.1. The molecule has 1 aromatic heterocycles. The molecular weight excluding hydrogens is 390 g/mol. The van der Waals surface area contributed by atoms with Crippen molar-refractivity contribution in [2.24, 2.45) is 11.8 Å². The van der Waals surface area contributed by atoms with Gasteiger partial charge >= 0.3 is 0 Å². The van der Waals surface area contributed by atoms with Crippen molar-refractivity contribution in [2.75, 3.05) is 14.2 Å². The standard InChI is InChI=1S/C25H35N3O3/c1-16(2)25-26-12-14-28(25)13-11-22(29)27-24-19-8-6-5-7-18(19)23(24)17-9-10-20(30-3)21(15-17)31-4/h9-10,12,14-16,18-19,23-24H,5-8,11,13H2,1-4H3,(H,27,29)/t18-,19+,23+,24+/m1/s1. The number of imidazole rings is 1. The third-order valence-electron chi connectivity index (χ3n) is 7.15. The van der Waals surface area contributed by atoms with Gasteiger partial charge in [0.2, 0.25) is 5.91 Å². The van der Waals surface area contributed by atoms with Gasteiger partial charge in [-0.1, -0.05) is 32.8 Å². The minimum atomic E-state index is 0.128. The molecule has 6 heteroatoms. The van der Waals surface area contributed by atoms with Crippen molar-refractivity contribution in [2.45, 2.75) is 70.4 Å². The molecule has 0 unspecified atom stereocenters. The number of fused-ring (bicyclic) bond motifs is 1. The number of carbonyl (C=O) groups excluding carboxylic acids is 1. The Hall–Kier alpha value is -2.50. The van der Waals surface area contributed by atoms with Crippen LogP contribution in [0.2, 0.25) is 0 Å². The van der Waals surface area contributed by atoms with Gasteiger partial charge in [-0.25, -0.2) is 4.98 Å². The molecule has 4 rings (SSSR count). The van der Waals surface area contributed by atoms with Crippen molar-refractivity contribution in [1.82, 2.24) is 14.9 Å². The van der Waals surface area contributed by atoms with E-state index in [-0.39, 0.29) is 11.9 Å². The Kier molecular flexibility index (Phi) is 6.54. The largest absolute Gasteiger partial charge is 0.493 e. The van der Waals surface area contributed by atoms with Gasteiger partial charge in [-0.3, -0.25) is 4.79 Å². The first-order valence-corrected chi connectivity index (χ1v) is 11.6. The predicted molar refractivity (Wildman–Crippen MR) is 121 cm³/mol. The highest BCUT2D eigenvalue weighted by Crippen LogP contribution is 2.55. The molecule has 0 spiro atoms. The van der Waals surface area contributed by atoms with Crippen molar-refractivity contribution < 1.29 is 14.3 Å². The lowest BCUT2D eigenvalue weighted by atomic mass is 9.53. The summed E-state index contributed by atoms with van der Waals surface area (Å²) in [5.41, 5.74) is 1.24. The fourth-order valence-electron chi connectivity index (χ4n) is 5.67. The Morgan fingerprint density at radius 2 is 1.90 bits per heavy atom. The smallest absolute Gasteiger partial charge is 0.222 e. The highest BCUT2D eigenvalue weighted by Gasteiger charge is 2.51. The van der Waals surface area contributed by atoms with Crippen molar-refractivity contribution >= 4 is 5.91 Å². The fraction of sp³-hybridized carbons (Fsp3) is 0.600. The summed E-state index contributed by atoms with van der Waals surface area (Å²) in [4.78, 5) is 17.3. The van der Waals surface area contributed by atoms with Crippen LogP contribution in [0.5, 0.6) is 11.5 Å². The molecule has 2 saturated carbocycles. The quantitative estimate of drug-likeness (QED) is 0.676. The number of nitrogens with one attached hydrogen (secondary N) is 1. The average molecular weight is 426 g/mol. The normalized spacial score (nSPS) is 24.9. The molecule has 2 aliphatic rings. The summed E-state index contributed by atoms with van der Waals surface area (Å²) in [5, 5.41) is 3.40. The molecule has 31 heavy (non-hydrogen) atoms. The summed E-state index contributed by atoms with van der Waals surface area (Å²) in [7, 11) is 3.33. The summed E-state index contributed by atoms with van der Waals surface area (Å²) in [6, 6.07) is 6.41. The van der Waals surface area contributed by atoms with Crippen LogP contribution in [0.1, 0.15) is 69.2 Å². The molecule has 1 amide bonds. The van der Waals surface area contributed by atoms with E-state index in [1.165, 1.54) is 31.2 Å². The van der Waals surface area contributed by atoms with Crippen molar-refractivity contribution in [3.63, 3.8) is 0 Å². The molecule has 6 nitrogen and oxygen atoms in total. The topological polar surface area (TPSA) is 65.4 Å². The number of aryl methyl sites for hydroxylation is 1. The van der Waals surface area contributed by atoms with Gasteiger partial charge in [0.1, 0.15) is 5.82 Å². The lowest BCUT2D eigenvalue weighted by Gasteiger charge is -2.55. The molecule has 1 N–H and O–H groups in total. The lowest BCUT2D eigenvalue weighted by molar-refractivity contribution is -0.125. The van der Waals surface area contributed by atoms with E-state index in [9.17, 15) is 4.79 Å². The second-order valence-electron chi connectivity index (χ2n) is 9.23. The first-order chi connectivity index (χ1) is 15.0. The molecule has 168 valence electrons. The fourth-order valence-corrected chi connectivity index (χ4v) is 5.67. The third kappa shape index (κ3) is 4.30. The maximum absolute atomic E-state index is 12.9. The van der Waals surface area contributed by atoms with Crippen LogP contribution in [0.15, 0.2) is 30.6 Å². The van der Waals surface area contributed by atoms with E-state index in [2.05, 4.69) is 40.8 Å². The van der Waals surface area contributed by atoms with E-state index in [4.69, 9.17) is 9.47 Å². The van der Waals surface area contributed by atoms with Gasteiger partial charge in [0.15, 0.2) is 11.5 Å². The first-order valence-electron chi connectivity index (χ1n) is 11.6. The Balaban J connectivity index is 1.46. The number of benzene rings is 1. The number of hydrogen-bond acceptors (Lipinski definition) is 4. The number of amides is 1. The lowest BCUT2D eigenvalue weighted by Crippen LogP contribution is -2.59. The summed E-state index contributed by atoms with van der Waals surface area (Å²) in [6.07, 6.45) is 9.25. The van der Waals surface area contributed by atoms with Gasteiger partial charge < -0.3 is 19.4 Å². The minimum absolute atomic E-state index is 0.128. The maximum Gasteiger partial charge on any atom is 0.222 e. The van der Waals surface area contributed by atoms with Crippen LogP contribution in [0.3, 0.4) is 0 Å². The molecule has 0 aliphatic heterocycles. The van der Waals surface area contributed by atoms with Gasteiger partial charge in [-0.15, -0.1) is 0 Å². The summed E-state index contributed by atoms with van der Waals surface area (Å²) < 4.78 is 13.0. The number of aromatic nitrogens is 2. The van der Waals surface area contributed by atoms with E-state index in [0.29, 0.717) is 36.6 Å². The molecule has 2 aromatic rings. The van der Waals surface area contributed by atoms with Crippen molar-refractivity contribution in [3.05, 3.63) is 42.0 Å². The number of rotatable bonds is 8. The van der Waals surface area contributed by atoms with Gasteiger partial charge in [0.05, 0.1) is 14.2 Å². The van der Waals surface area contributed by atoms with Gasteiger partial charge in [-0.2, -0.15) is 0 Å². The average Bonchev–Trinajstić information content (AvgIpc) is 3.25. The third-order valence-corrected chi connectivity index (χ3v) is 7.15. The zero-order valence-corrected chi connectivity index (χ0v) is 19.1. The van der Waals surface area contributed by atoms with Crippen LogP contribution >= 0.6 is 0 Å². The Bertz CT molecular complexity index is 907. The number of ether oxygens (including phenoxy) is 2. The molecular formula is C25H35N3O3. The van der Waals surface area contributed by atoms with E-state index >= 15 is 0 Å². The Labute approximate surface area is 185 Å². The van der Waals surface area contributed by atoms with Gasteiger partial charge in [-0.05, 0) is 42.4 Å². The van der Waals surface area contributed by atoms with Crippen LogP contribution < -0.4 is 14.8 Å². The molecule has 1 aromatic carbocycles. The monoisotopic (exact) mass is 425 g/mol. The molecule has 0 bridgehead atoms. The summed E-state index contributed by atoms with van der Waals surface area (Å²) >= 11 is 0. The van der Waals surface area contributed by atoms with E-state index in [0.717, 1.165) is 17.3 Å². The SMILES string of the molecule is COc1ccc([C@H]2[C@@H]3CCCC[C@@H]3[C@@H]2NC(=O)CCn2ccnc2C(C)C)cc1OC. The number of methoxy groups -OCH3 is 2. The summed E-state index contributed by atoms with van der Waals surface area (Å²) in [5.74, 6) is 4.57. The first kappa shape index (κ1) is 21.7. The van der Waals surface area contributed by atoms with Crippen LogP contribution in [0.25, 0.3) is 0 Å². The van der Waals surface area contributed by atoms with Crippen LogP contribution in [-0.4, -0.2) is 35.7 Å². The second kappa shape index (κ2) is 9.33. The maximum atomic E-state index is 12.9. The summed E-state index contributed by atoms with van der Waals surface area (Å²) in [6.45, 7) is 4.93. The number of hydrogen-bond donors (Lipinski definition) is 1. The Morgan fingerprint density at radius 1 is 1.16 bits per heavy atom. The molecule has 4 atom stereocenters. The zero-order chi connectivity index (χ0) is 22.0. The van der Waals surface area contributed by atoms with Crippen LogP contribution in [0.4, 0.5) is 0 Å². The molecule has 2 aliphatic carbocycles. The number of carbonyl (C=O) groups is 1. The number of nitrogens with zero attached hydrogens (tertiary/aromatic N) is 2. The second-order valence-corrected chi connectivity index (χ2v) is 9.23. The predicted octanol–water partition coefficient (Wildman–Crippen LogP) is 4.50. The highest BCUT2D eigenvalue weighted by atomic mass is 16.5. The molecule has 1 heterocycles. The molecule has 0 saturated heterocycles. The van der Waals surface area contributed by atoms with E-state index in [1.54, 1.807) is 14.2 Å². The molecule has 0 radical (unpaired) electrons. The van der Waals surface area contributed by atoms with Crippen LogP contribution in [-0.2, 0) is 11.3 Å². The van der Waals surface area contributed by atoms with Gasteiger partial charge in [0, 0.05) is 43.2 Å². The van der Waals surface area contributed by atoms with Crippen molar-refractivity contribution in [3.8, 4) is 11.5 Å². The minimum Gasteiger partial charge on any atom is -0.493 e. The van der Waals surface area contributed by atoms with E-state index < -0.39 is 0 Å². The van der Waals surface area contributed by atoms with Crippen molar-refractivity contribution in [1.29, 1.82) is 0 Å². The highest BCUT2D eigenvalue weighted by molar-refractivity contribution is 5.76.